The van der Waals surface area contributed by atoms with Crippen molar-refractivity contribution in [1.29, 1.82) is 0 Å². The second kappa shape index (κ2) is 6.81. The maximum Gasteiger partial charge on any atom is 0.303 e. The van der Waals surface area contributed by atoms with Gasteiger partial charge in [0.1, 0.15) is 5.82 Å². The van der Waals surface area contributed by atoms with E-state index in [0.29, 0.717) is 5.56 Å². The van der Waals surface area contributed by atoms with Crippen LogP contribution in [-0.4, -0.2) is 24.7 Å². The first-order valence-corrected chi connectivity index (χ1v) is 5.45. The van der Waals surface area contributed by atoms with Gasteiger partial charge in [0.2, 0.25) is 0 Å². The Kier molecular flexibility index (Phi) is 5.36. The lowest BCUT2D eigenvalue weighted by molar-refractivity contribution is -0.136. The molecular weight excluding hydrogens is 221 g/mol. The number of aryl methyl sites for hydroxylation is 1. The number of benzene rings is 1. The molecule has 1 aromatic rings. The summed E-state index contributed by atoms with van der Waals surface area (Å²) in [5.41, 5.74) is 1.22. The highest BCUT2D eigenvalue weighted by atomic mass is 19.1. The molecule has 0 spiro atoms. The first-order valence-electron chi connectivity index (χ1n) is 5.45. The van der Waals surface area contributed by atoms with Crippen LogP contribution in [-0.2, 0) is 11.2 Å². The predicted octanol–water partition coefficient (Wildman–Crippen LogP) is 2.08. The van der Waals surface area contributed by atoms with E-state index in [1.54, 1.807) is 12.1 Å². The molecule has 0 atom stereocenters. The monoisotopic (exact) mass is 237 g/mol. The minimum atomic E-state index is -0.914. The Bertz CT molecular complexity index is 416. The zero-order valence-corrected chi connectivity index (χ0v) is 9.74. The van der Waals surface area contributed by atoms with Crippen LogP contribution >= 0.6 is 0 Å². The zero-order valence-electron chi connectivity index (χ0n) is 9.74. The molecule has 0 bridgehead atoms. The number of carboxylic acid groups (broad SMARTS) is 1. The van der Waals surface area contributed by atoms with Gasteiger partial charge in [-0.05, 0) is 30.7 Å². The third kappa shape index (κ3) is 4.78. The second-order valence-electron chi connectivity index (χ2n) is 3.70. The van der Waals surface area contributed by atoms with E-state index in [-0.39, 0.29) is 18.7 Å². The lowest BCUT2D eigenvalue weighted by Gasteiger charge is -2.02. The summed E-state index contributed by atoms with van der Waals surface area (Å²) in [6.07, 6.45) is 3.89. The van der Waals surface area contributed by atoms with Crippen molar-refractivity contribution < 1.29 is 14.3 Å². The number of aliphatic carboxylic acids is 1. The predicted molar refractivity (Wildman–Crippen MR) is 65.3 cm³/mol. The summed E-state index contributed by atoms with van der Waals surface area (Å²) in [5, 5.41) is 11.5. The van der Waals surface area contributed by atoms with Gasteiger partial charge in [-0.15, -0.1) is 0 Å². The fourth-order valence-corrected chi connectivity index (χ4v) is 1.42. The van der Waals surface area contributed by atoms with E-state index < -0.39 is 5.97 Å². The highest BCUT2D eigenvalue weighted by molar-refractivity contribution is 5.67. The highest BCUT2D eigenvalue weighted by Gasteiger charge is 2.05. The SMILES string of the molecule is CNCC=Cc1ccc(CCC(=O)O)c(F)c1. The molecule has 0 heterocycles. The highest BCUT2D eigenvalue weighted by Crippen LogP contribution is 2.13. The van der Waals surface area contributed by atoms with Crippen LogP contribution < -0.4 is 5.32 Å². The largest absolute Gasteiger partial charge is 0.481 e. The summed E-state index contributed by atoms with van der Waals surface area (Å²) in [4.78, 5) is 10.4. The first-order chi connectivity index (χ1) is 8.13. The van der Waals surface area contributed by atoms with E-state index in [2.05, 4.69) is 5.32 Å². The Morgan fingerprint density at radius 3 is 2.88 bits per heavy atom. The van der Waals surface area contributed by atoms with Gasteiger partial charge in [0, 0.05) is 13.0 Å². The summed E-state index contributed by atoms with van der Waals surface area (Å²) in [7, 11) is 1.83. The lowest BCUT2D eigenvalue weighted by atomic mass is 10.1. The Morgan fingerprint density at radius 2 is 2.29 bits per heavy atom. The zero-order chi connectivity index (χ0) is 12.7. The number of hydrogen-bond donors (Lipinski definition) is 2. The molecule has 3 nitrogen and oxygen atoms in total. The van der Waals surface area contributed by atoms with Gasteiger partial charge in [-0.2, -0.15) is 0 Å². The van der Waals surface area contributed by atoms with Crippen LogP contribution in [0.15, 0.2) is 24.3 Å². The molecule has 1 aromatic carbocycles. The Labute approximate surface area is 100.0 Å². The normalized spacial score (nSPS) is 10.9. The molecule has 0 aliphatic rings. The smallest absolute Gasteiger partial charge is 0.303 e. The standard InChI is InChI=1S/C13H16FNO2/c1-15-8-2-3-10-4-5-11(12(14)9-10)6-7-13(16)17/h2-5,9,15H,6-8H2,1H3,(H,16,17). The minimum Gasteiger partial charge on any atom is -0.481 e. The molecule has 0 amide bonds. The number of hydrogen-bond acceptors (Lipinski definition) is 2. The van der Waals surface area contributed by atoms with Gasteiger partial charge in [-0.25, -0.2) is 4.39 Å². The number of likely N-dealkylation sites (N-methyl/N-ethyl adjacent to an activating group) is 1. The van der Waals surface area contributed by atoms with Crippen molar-refractivity contribution in [2.45, 2.75) is 12.8 Å². The molecule has 17 heavy (non-hydrogen) atoms. The maximum absolute atomic E-state index is 13.6. The summed E-state index contributed by atoms with van der Waals surface area (Å²) >= 11 is 0. The van der Waals surface area contributed by atoms with E-state index in [4.69, 9.17) is 5.11 Å². The fraction of sp³-hybridized carbons (Fsp3) is 0.308. The summed E-state index contributed by atoms with van der Waals surface area (Å²) in [6, 6.07) is 4.84. The lowest BCUT2D eigenvalue weighted by Crippen LogP contribution is -2.03. The fourth-order valence-electron chi connectivity index (χ4n) is 1.42. The van der Waals surface area contributed by atoms with Crippen molar-refractivity contribution >= 4 is 12.0 Å². The molecule has 0 unspecified atom stereocenters. The Hall–Kier alpha value is -1.68. The average molecular weight is 237 g/mol. The van der Waals surface area contributed by atoms with E-state index in [9.17, 15) is 9.18 Å². The molecule has 92 valence electrons. The molecule has 2 N–H and O–H groups in total. The number of carbonyl (C=O) groups is 1. The van der Waals surface area contributed by atoms with Crippen LogP contribution in [0.4, 0.5) is 4.39 Å². The Morgan fingerprint density at radius 1 is 1.53 bits per heavy atom. The van der Waals surface area contributed by atoms with Crippen LogP contribution in [0.25, 0.3) is 6.08 Å². The van der Waals surface area contributed by atoms with Crippen LogP contribution in [0, 0.1) is 5.82 Å². The van der Waals surface area contributed by atoms with Crippen LogP contribution in [0.2, 0.25) is 0 Å². The third-order valence-electron chi connectivity index (χ3n) is 2.32. The molecule has 0 aliphatic carbocycles. The maximum atomic E-state index is 13.6. The van der Waals surface area contributed by atoms with Crippen molar-refractivity contribution in [3.05, 3.63) is 41.2 Å². The minimum absolute atomic E-state index is 0.0497. The third-order valence-corrected chi connectivity index (χ3v) is 2.32. The van der Waals surface area contributed by atoms with Crippen LogP contribution in [0.5, 0.6) is 0 Å². The van der Waals surface area contributed by atoms with Crippen molar-refractivity contribution in [1.82, 2.24) is 5.32 Å². The van der Waals surface area contributed by atoms with Gasteiger partial charge in [0.15, 0.2) is 0 Å². The van der Waals surface area contributed by atoms with E-state index >= 15 is 0 Å². The van der Waals surface area contributed by atoms with Gasteiger partial charge in [0.25, 0.3) is 0 Å². The quantitative estimate of drug-likeness (QED) is 0.796. The molecule has 0 fully saturated rings. The van der Waals surface area contributed by atoms with Gasteiger partial charge >= 0.3 is 5.97 Å². The van der Waals surface area contributed by atoms with Crippen molar-refractivity contribution in [3.63, 3.8) is 0 Å². The number of rotatable bonds is 6. The molecular formula is C13H16FNO2. The van der Waals surface area contributed by atoms with Crippen molar-refractivity contribution in [2.24, 2.45) is 0 Å². The summed E-state index contributed by atoms with van der Waals surface area (Å²) < 4.78 is 13.6. The number of carboxylic acids is 1. The molecule has 0 saturated carbocycles. The van der Waals surface area contributed by atoms with E-state index in [1.165, 1.54) is 6.07 Å². The summed E-state index contributed by atoms with van der Waals surface area (Å²) in [5.74, 6) is -1.26. The molecule has 0 radical (unpaired) electrons. The topological polar surface area (TPSA) is 49.3 Å². The average Bonchev–Trinajstić information content (AvgIpc) is 2.28. The van der Waals surface area contributed by atoms with Crippen LogP contribution in [0.1, 0.15) is 17.5 Å². The number of nitrogens with one attached hydrogen (secondary N) is 1. The second-order valence-corrected chi connectivity index (χ2v) is 3.70. The molecule has 4 heteroatoms. The molecule has 0 saturated heterocycles. The van der Waals surface area contributed by atoms with Crippen molar-refractivity contribution in [3.8, 4) is 0 Å². The van der Waals surface area contributed by atoms with Gasteiger partial charge in [-0.3, -0.25) is 4.79 Å². The molecule has 1 rings (SSSR count). The van der Waals surface area contributed by atoms with Crippen LogP contribution in [0.3, 0.4) is 0 Å². The van der Waals surface area contributed by atoms with Crippen molar-refractivity contribution in [2.75, 3.05) is 13.6 Å². The number of halogens is 1. The molecule has 0 aliphatic heterocycles. The first kappa shape index (κ1) is 13.4. The van der Waals surface area contributed by atoms with Gasteiger partial charge < -0.3 is 10.4 Å². The van der Waals surface area contributed by atoms with E-state index in [1.807, 2.05) is 19.2 Å². The van der Waals surface area contributed by atoms with E-state index in [0.717, 1.165) is 12.1 Å². The summed E-state index contributed by atoms with van der Waals surface area (Å²) in [6.45, 7) is 0.725. The van der Waals surface area contributed by atoms with Gasteiger partial charge in [0.05, 0.1) is 0 Å². The molecule has 0 aromatic heterocycles. The Balaban J connectivity index is 2.68. The van der Waals surface area contributed by atoms with Gasteiger partial charge in [-0.1, -0.05) is 24.3 Å².